The quantitative estimate of drug-likeness (QED) is 0.277. The standard InChI is InChI=1S/C26H19ClN6OS/c1-16(25(34)30-19-10-6-17(14-28)7-11-19)35-26-32-31-24(33(26)20-12-8-18(27)9-13-20)22-15-29-23-5-3-2-4-21(22)23/h2-13,15-16,29H,1H3,(H,30,34). The van der Waals surface area contributed by atoms with Crippen LogP contribution < -0.4 is 5.32 Å². The van der Waals surface area contributed by atoms with Crippen LogP contribution in [-0.2, 0) is 4.79 Å². The summed E-state index contributed by atoms with van der Waals surface area (Å²) in [6, 6.07) is 24.2. The second-order valence-corrected chi connectivity index (χ2v) is 9.55. The summed E-state index contributed by atoms with van der Waals surface area (Å²) in [6.45, 7) is 1.82. The number of carbonyl (C=O) groups excluding carboxylic acids is 1. The van der Waals surface area contributed by atoms with Gasteiger partial charge in [0.25, 0.3) is 0 Å². The first-order valence-electron chi connectivity index (χ1n) is 10.8. The fourth-order valence-electron chi connectivity index (χ4n) is 3.68. The molecule has 2 aromatic heterocycles. The first-order valence-corrected chi connectivity index (χ1v) is 12.0. The number of aromatic nitrogens is 4. The number of benzene rings is 3. The third kappa shape index (κ3) is 4.64. The third-order valence-corrected chi connectivity index (χ3v) is 6.78. The van der Waals surface area contributed by atoms with Gasteiger partial charge in [-0.2, -0.15) is 5.26 Å². The maximum absolute atomic E-state index is 12.9. The number of thioether (sulfide) groups is 1. The van der Waals surface area contributed by atoms with Gasteiger partial charge < -0.3 is 10.3 Å². The minimum atomic E-state index is -0.461. The average Bonchev–Trinajstić information content (AvgIpc) is 3.49. The molecule has 1 atom stereocenters. The Balaban J connectivity index is 1.48. The highest BCUT2D eigenvalue weighted by atomic mass is 35.5. The van der Waals surface area contributed by atoms with E-state index in [9.17, 15) is 4.79 Å². The van der Waals surface area contributed by atoms with Crippen molar-refractivity contribution in [3.05, 3.63) is 89.6 Å². The van der Waals surface area contributed by atoms with E-state index in [4.69, 9.17) is 16.9 Å². The largest absolute Gasteiger partial charge is 0.360 e. The van der Waals surface area contributed by atoms with E-state index in [1.807, 2.05) is 66.2 Å². The number of nitriles is 1. The number of fused-ring (bicyclic) bond motifs is 1. The van der Waals surface area contributed by atoms with Crippen LogP contribution in [0.3, 0.4) is 0 Å². The monoisotopic (exact) mass is 498 g/mol. The Morgan fingerprint density at radius 1 is 1.09 bits per heavy atom. The summed E-state index contributed by atoms with van der Waals surface area (Å²) in [4.78, 5) is 16.2. The SMILES string of the molecule is CC(Sc1nnc(-c2c[nH]c3ccccc23)n1-c1ccc(Cl)cc1)C(=O)Nc1ccc(C#N)cc1. The van der Waals surface area contributed by atoms with E-state index in [-0.39, 0.29) is 5.91 Å². The molecular weight excluding hydrogens is 480 g/mol. The van der Waals surface area contributed by atoms with Gasteiger partial charge in [0.15, 0.2) is 11.0 Å². The number of para-hydroxylation sites is 1. The normalized spacial score (nSPS) is 11.8. The zero-order chi connectivity index (χ0) is 24.4. The molecule has 0 saturated carbocycles. The number of halogens is 1. The number of carbonyl (C=O) groups is 1. The maximum Gasteiger partial charge on any atom is 0.237 e. The Labute approximate surface area is 210 Å². The molecule has 2 heterocycles. The zero-order valence-corrected chi connectivity index (χ0v) is 20.1. The molecule has 2 N–H and O–H groups in total. The van der Waals surface area contributed by atoms with Gasteiger partial charge in [-0.25, -0.2) is 0 Å². The molecule has 0 saturated heterocycles. The Kier molecular flexibility index (Phi) is 6.27. The Morgan fingerprint density at radius 2 is 1.83 bits per heavy atom. The highest BCUT2D eigenvalue weighted by molar-refractivity contribution is 8.00. The summed E-state index contributed by atoms with van der Waals surface area (Å²) in [5.41, 5.74) is 3.90. The van der Waals surface area contributed by atoms with Gasteiger partial charge in [0.1, 0.15) is 0 Å². The van der Waals surface area contributed by atoms with Crippen LogP contribution in [-0.4, -0.2) is 30.9 Å². The fraction of sp³-hybridized carbons (Fsp3) is 0.0769. The van der Waals surface area contributed by atoms with Crippen molar-refractivity contribution in [2.45, 2.75) is 17.3 Å². The molecule has 1 amide bonds. The number of aromatic amines is 1. The first-order chi connectivity index (χ1) is 17.0. The molecule has 1 unspecified atom stereocenters. The summed E-state index contributed by atoms with van der Waals surface area (Å²) in [5, 5.41) is 22.6. The molecule has 0 aliphatic rings. The Morgan fingerprint density at radius 3 is 2.57 bits per heavy atom. The van der Waals surface area contributed by atoms with Gasteiger partial charge in [-0.15, -0.1) is 10.2 Å². The number of nitrogens with zero attached hydrogens (tertiary/aromatic N) is 4. The lowest BCUT2D eigenvalue weighted by molar-refractivity contribution is -0.115. The van der Waals surface area contributed by atoms with Crippen LogP contribution in [0.25, 0.3) is 28.0 Å². The van der Waals surface area contributed by atoms with Crippen molar-refractivity contribution >= 4 is 45.9 Å². The molecule has 0 aliphatic heterocycles. The third-order valence-electron chi connectivity index (χ3n) is 5.48. The molecule has 5 rings (SSSR count). The van der Waals surface area contributed by atoms with Crippen molar-refractivity contribution in [2.24, 2.45) is 0 Å². The van der Waals surface area contributed by atoms with Crippen LogP contribution in [0.1, 0.15) is 12.5 Å². The smallest absolute Gasteiger partial charge is 0.237 e. The molecule has 0 aliphatic carbocycles. The Bertz CT molecular complexity index is 1550. The van der Waals surface area contributed by atoms with Crippen molar-refractivity contribution in [1.29, 1.82) is 5.26 Å². The van der Waals surface area contributed by atoms with Gasteiger partial charge in [0.05, 0.1) is 16.9 Å². The van der Waals surface area contributed by atoms with E-state index in [0.29, 0.717) is 27.3 Å². The number of amides is 1. The molecular formula is C26H19ClN6OS. The average molecular weight is 499 g/mol. The topological polar surface area (TPSA) is 99.4 Å². The molecule has 0 spiro atoms. The van der Waals surface area contributed by atoms with Crippen LogP contribution >= 0.6 is 23.4 Å². The Hall–Kier alpha value is -4.06. The summed E-state index contributed by atoms with van der Waals surface area (Å²) < 4.78 is 1.93. The van der Waals surface area contributed by atoms with Crippen molar-refractivity contribution in [2.75, 3.05) is 5.32 Å². The zero-order valence-electron chi connectivity index (χ0n) is 18.6. The molecule has 3 aromatic carbocycles. The van der Waals surface area contributed by atoms with Gasteiger partial charge in [-0.3, -0.25) is 9.36 Å². The van der Waals surface area contributed by atoms with Crippen LogP contribution in [0.4, 0.5) is 5.69 Å². The van der Waals surface area contributed by atoms with Crippen molar-refractivity contribution < 1.29 is 4.79 Å². The second-order valence-electron chi connectivity index (χ2n) is 7.80. The number of rotatable bonds is 6. The number of H-pyrrole nitrogens is 1. The number of nitrogens with one attached hydrogen (secondary N) is 2. The molecule has 5 aromatic rings. The lowest BCUT2D eigenvalue weighted by Crippen LogP contribution is -2.22. The summed E-state index contributed by atoms with van der Waals surface area (Å²) in [5.74, 6) is 0.478. The summed E-state index contributed by atoms with van der Waals surface area (Å²) in [7, 11) is 0. The number of hydrogen-bond donors (Lipinski definition) is 2. The van der Waals surface area contributed by atoms with E-state index in [0.717, 1.165) is 22.2 Å². The molecule has 0 radical (unpaired) electrons. The first kappa shape index (κ1) is 22.7. The summed E-state index contributed by atoms with van der Waals surface area (Å²) >= 11 is 7.44. The predicted molar refractivity (Wildman–Crippen MR) is 139 cm³/mol. The summed E-state index contributed by atoms with van der Waals surface area (Å²) in [6.07, 6.45) is 1.91. The molecule has 9 heteroatoms. The van der Waals surface area contributed by atoms with Crippen LogP contribution in [0, 0.1) is 11.3 Å². The predicted octanol–water partition coefficient (Wildman–Crippen LogP) is 6.06. The van der Waals surface area contributed by atoms with Gasteiger partial charge in [0.2, 0.25) is 5.91 Å². The number of hydrogen-bond acceptors (Lipinski definition) is 5. The van der Waals surface area contributed by atoms with Crippen molar-refractivity contribution in [3.63, 3.8) is 0 Å². The maximum atomic E-state index is 12.9. The molecule has 35 heavy (non-hydrogen) atoms. The van der Waals surface area contributed by atoms with Gasteiger partial charge in [0, 0.05) is 39.1 Å². The minimum absolute atomic E-state index is 0.181. The van der Waals surface area contributed by atoms with E-state index >= 15 is 0 Å². The van der Waals surface area contributed by atoms with Crippen LogP contribution in [0.15, 0.2) is 84.1 Å². The van der Waals surface area contributed by atoms with Gasteiger partial charge in [-0.05, 0) is 61.5 Å². The molecule has 0 fully saturated rings. The van der Waals surface area contributed by atoms with Crippen LogP contribution in [0.5, 0.6) is 0 Å². The van der Waals surface area contributed by atoms with Crippen molar-refractivity contribution in [1.82, 2.24) is 19.7 Å². The van der Waals surface area contributed by atoms with Gasteiger partial charge >= 0.3 is 0 Å². The molecule has 7 nitrogen and oxygen atoms in total. The molecule has 172 valence electrons. The highest BCUT2D eigenvalue weighted by Gasteiger charge is 2.23. The van der Waals surface area contributed by atoms with E-state index in [2.05, 4.69) is 26.6 Å². The van der Waals surface area contributed by atoms with E-state index < -0.39 is 5.25 Å². The van der Waals surface area contributed by atoms with Gasteiger partial charge in [-0.1, -0.05) is 41.6 Å². The van der Waals surface area contributed by atoms with E-state index in [1.165, 1.54) is 11.8 Å². The van der Waals surface area contributed by atoms with Crippen LogP contribution in [0.2, 0.25) is 5.02 Å². The fourth-order valence-corrected chi connectivity index (χ4v) is 4.68. The second kappa shape index (κ2) is 9.66. The van der Waals surface area contributed by atoms with E-state index in [1.54, 1.807) is 24.3 Å². The molecule has 0 bridgehead atoms. The number of anilines is 1. The highest BCUT2D eigenvalue weighted by Crippen LogP contribution is 2.34. The minimum Gasteiger partial charge on any atom is -0.360 e. The lowest BCUT2D eigenvalue weighted by Gasteiger charge is -2.14. The van der Waals surface area contributed by atoms with Crippen molar-refractivity contribution in [3.8, 4) is 23.1 Å². The lowest BCUT2D eigenvalue weighted by atomic mass is 10.1.